The molecule has 3 aromatic heterocycles. The van der Waals surface area contributed by atoms with Crippen molar-refractivity contribution in [3.05, 3.63) is 59.3 Å². The van der Waals surface area contributed by atoms with Crippen molar-refractivity contribution in [3.63, 3.8) is 0 Å². The molecule has 3 aromatic rings. The number of imidazole rings is 1. The molecule has 0 saturated carbocycles. The van der Waals surface area contributed by atoms with Crippen LogP contribution >= 0.6 is 0 Å². The number of hydrogen-bond acceptors (Lipinski definition) is 3. The Morgan fingerprint density at radius 3 is 2.95 bits per heavy atom. The Morgan fingerprint density at radius 2 is 2.18 bits per heavy atom. The van der Waals surface area contributed by atoms with Gasteiger partial charge in [-0.05, 0) is 43.2 Å². The van der Waals surface area contributed by atoms with Gasteiger partial charge in [0.25, 0.3) is 0 Å². The molecule has 0 bridgehead atoms. The molecule has 0 aliphatic carbocycles. The molecule has 0 spiro atoms. The first-order chi connectivity index (χ1) is 10.7. The molecular weight excluding hydrogens is 274 g/mol. The minimum absolute atomic E-state index is 0.490. The van der Waals surface area contributed by atoms with E-state index < -0.39 is 0 Å². The number of hydrogen-bond donors (Lipinski definition) is 0. The third-order valence-corrected chi connectivity index (χ3v) is 3.70. The summed E-state index contributed by atoms with van der Waals surface area (Å²) in [5, 5.41) is 0. The highest BCUT2D eigenvalue weighted by Crippen LogP contribution is 2.23. The molecule has 0 radical (unpaired) electrons. The number of fused-ring (bicyclic) bond motifs is 1. The van der Waals surface area contributed by atoms with E-state index in [1.807, 2.05) is 48.8 Å². The van der Waals surface area contributed by atoms with Gasteiger partial charge in [-0.1, -0.05) is 0 Å². The monoisotopic (exact) mass is 291 g/mol. The van der Waals surface area contributed by atoms with E-state index in [0.717, 1.165) is 33.9 Å². The summed E-state index contributed by atoms with van der Waals surface area (Å²) in [5.41, 5.74) is 5.00. The molecule has 0 saturated heterocycles. The topological polar surface area (TPSA) is 39.4 Å². The molecule has 0 aliphatic heterocycles. The predicted octanol–water partition coefficient (Wildman–Crippen LogP) is 3.10. The average molecular weight is 291 g/mol. The fourth-order valence-electron chi connectivity index (χ4n) is 2.45. The third kappa shape index (κ3) is 2.53. The van der Waals surface area contributed by atoms with Crippen molar-refractivity contribution < 1.29 is 4.74 Å². The Balaban J connectivity index is 1.93. The summed E-state index contributed by atoms with van der Waals surface area (Å²) in [4.78, 5) is 8.69. The minimum atomic E-state index is 0.490. The summed E-state index contributed by atoms with van der Waals surface area (Å²) in [6, 6.07) is 5.84. The van der Waals surface area contributed by atoms with Crippen LogP contribution in [-0.4, -0.2) is 14.4 Å². The van der Waals surface area contributed by atoms with Crippen molar-refractivity contribution in [3.8, 4) is 18.1 Å². The maximum absolute atomic E-state index is 5.97. The first-order valence-electron chi connectivity index (χ1n) is 7.13. The number of rotatable bonds is 4. The van der Waals surface area contributed by atoms with Crippen LogP contribution in [0.1, 0.15) is 22.5 Å². The van der Waals surface area contributed by atoms with E-state index in [4.69, 9.17) is 11.2 Å². The van der Waals surface area contributed by atoms with Crippen molar-refractivity contribution in [2.24, 2.45) is 0 Å². The van der Waals surface area contributed by atoms with Gasteiger partial charge in [-0.15, -0.1) is 12.3 Å². The van der Waals surface area contributed by atoms with Gasteiger partial charge in [-0.25, -0.2) is 4.98 Å². The number of aromatic nitrogens is 3. The summed E-state index contributed by atoms with van der Waals surface area (Å²) in [6.45, 7) is 4.48. The predicted molar refractivity (Wildman–Crippen MR) is 85.8 cm³/mol. The maximum Gasteiger partial charge on any atom is 0.180 e. The van der Waals surface area contributed by atoms with Crippen LogP contribution in [0.15, 0.2) is 36.8 Å². The van der Waals surface area contributed by atoms with Crippen LogP contribution < -0.4 is 4.74 Å². The van der Waals surface area contributed by atoms with E-state index in [1.165, 1.54) is 0 Å². The second-order valence-electron chi connectivity index (χ2n) is 5.18. The van der Waals surface area contributed by atoms with Crippen molar-refractivity contribution in [1.82, 2.24) is 14.4 Å². The molecule has 0 N–H and O–H groups in total. The highest BCUT2D eigenvalue weighted by atomic mass is 16.5. The molecule has 0 atom stereocenters. The molecule has 4 nitrogen and oxygen atoms in total. The lowest BCUT2D eigenvalue weighted by atomic mass is 10.2. The minimum Gasteiger partial charge on any atom is -0.485 e. The summed E-state index contributed by atoms with van der Waals surface area (Å²) in [6.07, 6.45) is 11.6. The number of aryl methyl sites for hydroxylation is 2. The number of nitrogens with zero attached hydrogens (tertiary/aromatic N) is 3. The molecule has 0 aromatic carbocycles. The third-order valence-electron chi connectivity index (χ3n) is 3.70. The Labute approximate surface area is 129 Å². The molecule has 3 heterocycles. The average Bonchev–Trinajstić information content (AvgIpc) is 2.84. The smallest absolute Gasteiger partial charge is 0.180 e. The standard InChI is InChI=1S/C18H17N3O/c1-4-6-16-14(3)20-18-17(7-5-10-21(16)18)22-12-15-8-9-19-11-13(15)2/h1,5,7-11H,6,12H2,2-3H3. The van der Waals surface area contributed by atoms with Gasteiger partial charge in [0, 0.05) is 18.6 Å². The van der Waals surface area contributed by atoms with Crippen LogP contribution in [-0.2, 0) is 13.0 Å². The quantitative estimate of drug-likeness (QED) is 0.693. The fraction of sp³-hybridized carbons (Fsp3) is 0.222. The first-order valence-corrected chi connectivity index (χ1v) is 7.13. The van der Waals surface area contributed by atoms with Crippen molar-refractivity contribution in [2.75, 3.05) is 0 Å². The highest BCUT2D eigenvalue weighted by molar-refractivity contribution is 5.56. The van der Waals surface area contributed by atoms with Gasteiger partial charge in [0.2, 0.25) is 0 Å². The fourth-order valence-corrected chi connectivity index (χ4v) is 2.45. The van der Waals surface area contributed by atoms with Crippen molar-refractivity contribution in [1.29, 1.82) is 0 Å². The zero-order valence-corrected chi connectivity index (χ0v) is 12.7. The summed E-state index contributed by atoms with van der Waals surface area (Å²) in [7, 11) is 0. The lowest BCUT2D eigenvalue weighted by molar-refractivity contribution is 0.307. The Hall–Kier alpha value is -2.80. The molecule has 3 rings (SSSR count). The first kappa shape index (κ1) is 14.2. The molecular formula is C18H17N3O. The SMILES string of the molecule is C#CCc1c(C)nc2c(OCc3ccncc3C)cccn12. The Kier molecular flexibility index (Phi) is 3.80. The molecule has 0 fully saturated rings. The lowest BCUT2D eigenvalue weighted by Gasteiger charge is -2.09. The zero-order chi connectivity index (χ0) is 15.5. The Morgan fingerprint density at radius 1 is 1.32 bits per heavy atom. The van der Waals surface area contributed by atoms with Gasteiger partial charge in [-0.2, -0.15) is 0 Å². The zero-order valence-electron chi connectivity index (χ0n) is 12.7. The van der Waals surface area contributed by atoms with Crippen molar-refractivity contribution in [2.45, 2.75) is 26.9 Å². The van der Waals surface area contributed by atoms with Crippen LogP contribution in [0.4, 0.5) is 0 Å². The summed E-state index contributed by atoms with van der Waals surface area (Å²) >= 11 is 0. The van der Waals surface area contributed by atoms with E-state index in [2.05, 4.69) is 15.9 Å². The molecule has 22 heavy (non-hydrogen) atoms. The van der Waals surface area contributed by atoms with E-state index >= 15 is 0 Å². The van der Waals surface area contributed by atoms with Gasteiger partial charge in [0.15, 0.2) is 11.4 Å². The van der Waals surface area contributed by atoms with E-state index in [1.54, 1.807) is 6.20 Å². The van der Waals surface area contributed by atoms with Gasteiger partial charge in [0.1, 0.15) is 6.61 Å². The van der Waals surface area contributed by atoms with E-state index in [9.17, 15) is 0 Å². The van der Waals surface area contributed by atoms with Gasteiger partial charge >= 0.3 is 0 Å². The van der Waals surface area contributed by atoms with Crippen LogP contribution in [0.5, 0.6) is 5.75 Å². The van der Waals surface area contributed by atoms with Gasteiger partial charge < -0.3 is 4.74 Å². The molecule has 0 amide bonds. The van der Waals surface area contributed by atoms with Crippen LogP contribution in [0.25, 0.3) is 5.65 Å². The Bertz CT molecular complexity index is 858. The second kappa shape index (κ2) is 5.90. The molecule has 0 aliphatic rings. The van der Waals surface area contributed by atoms with E-state index in [-0.39, 0.29) is 0 Å². The summed E-state index contributed by atoms with van der Waals surface area (Å²) < 4.78 is 7.97. The molecule has 4 heteroatoms. The van der Waals surface area contributed by atoms with Crippen LogP contribution in [0, 0.1) is 26.2 Å². The number of terminal acetylenes is 1. The van der Waals surface area contributed by atoms with Gasteiger partial charge in [0.05, 0.1) is 17.8 Å². The maximum atomic E-state index is 5.97. The van der Waals surface area contributed by atoms with Gasteiger partial charge in [-0.3, -0.25) is 9.38 Å². The number of pyridine rings is 2. The molecule has 110 valence electrons. The molecule has 0 unspecified atom stereocenters. The largest absolute Gasteiger partial charge is 0.485 e. The van der Waals surface area contributed by atoms with E-state index in [0.29, 0.717) is 13.0 Å². The lowest BCUT2D eigenvalue weighted by Crippen LogP contribution is -2.00. The highest BCUT2D eigenvalue weighted by Gasteiger charge is 2.12. The van der Waals surface area contributed by atoms with Crippen LogP contribution in [0.2, 0.25) is 0 Å². The number of ether oxygens (including phenoxy) is 1. The van der Waals surface area contributed by atoms with Crippen molar-refractivity contribution >= 4 is 5.65 Å². The second-order valence-corrected chi connectivity index (χ2v) is 5.18. The van der Waals surface area contributed by atoms with Crippen LogP contribution in [0.3, 0.4) is 0 Å². The normalized spacial score (nSPS) is 10.6. The summed E-state index contributed by atoms with van der Waals surface area (Å²) in [5.74, 6) is 3.43.